The molecule has 0 fully saturated rings. The van der Waals surface area contributed by atoms with Crippen LogP contribution >= 0.6 is 27.5 Å². The van der Waals surface area contributed by atoms with Crippen molar-refractivity contribution in [2.75, 3.05) is 0 Å². The fourth-order valence-corrected chi connectivity index (χ4v) is 4.38. The Hall–Kier alpha value is -0.630. The Kier molecular flexibility index (Phi) is 7.35. The van der Waals surface area contributed by atoms with Gasteiger partial charge in [-0.1, -0.05) is 37.9 Å². The van der Waals surface area contributed by atoms with Gasteiger partial charge in [0.05, 0.1) is 21.2 Å². The molecule has 0 saturated heterocycles. The van der Waals surface area contributed by atoms with Crippen molar-refractivity contribution in [1.82, 2.24) is 4.72 Å². The van der Waals surface area contributed by atoms with Crippen LogP contribution in [-0.4, -0.2) is 24.2 Å². The molecular weight excluding hydrogens is 442 g/mol. The van der Waals surface area contributed by atoms with Crippen LogP contribution in [0.3, 0.4) is 0 Å². The van der Waals surface area contributed by atoms with Crippen LogP contribution in [-0.2, 0) is 20.4 Å². The third-order valence-electron chi connectivity index (χ3n) is 4.77. The van der Waals surface area contributed by atoms with E-state index < -0.39 is 32.2 Å². The van der Waals surface area contributed by atoms with Gasteiger partial charge in [-0.2, -0.15) is 0 Å². The molecular formula is C18H27BrClNO4S. The molecule has 0 heterocycles. The summed E-state index contributed by atoms with van der Waals surface area (Å²) in [6.45, 7) is 10.0. The molecule has 0 aliphatic heterocycles. The molecule has 148 valence electrons. The van der Waals surface area contributed by atoms with Gasteiger partial charge >= 0.3 is 5.97 Å². The van der Waals surface area contributed by atoms with Crippen molar-refractivity contribution in [2.24, 2.45) is 11.8 Å². The number of aliphatic carboxylic acids is 1. The minimum Gasteiger partial charge on any atom is -0.481 e. The van der Waals surface area contributed by atoms with Crippen LogP contribution in [0.4, 0.5) is 0 Å². The number of hydrogen-bond acceptors (Lipinski definition) is 3. The zero-order valence-corrected chi connectivity index (χ0v) is 19.1. The molecule has 5 nitrogen and oxygen atoms in total. The first-order valence-corrected chi connectivity index (χ1v) is 11.0. The molecule has 0 amide bonds. The highest BCUT2D eigenvalue weighted by Crippen LogP contribution is 2.39. The topological polar surface area (TPSA) is 83.5 Å². The monoisotopic (exact) mass is 467 g/mol. The number of rotatable bonds is 7. The van der Waals surface area contributed by atoms with Crippen LogP contribution in [0.2, 0.25) is 5.02 Å². The van der Waals surface area contributed by atoms with E-state index in [0.717, 1.165) is 0 Å². The summed E-state index contributed by atoms with van der Waals surface area (Å²) in [6, 6.07) is 4.99. The molecule has 1 aromatic rings. The van der Waals surface area contributed by atoms with Crippen molar-refractivity contribution in [1.29, 1.82) is 0 Å². The SMILES string of the molecule is CCC(C)C(C(=O)O)[C@@](C)(NS(=O)(=O)C(C)(C)C)c1ccc(Br)c(Cl)c1. The van der Waals surface area contributed by atoms with Crippen molar-refractivity contribution in [3.63, 3.8) is 0 Å². The second kappa shape index (κ2) is 8.17. The molecule has 3 atom stereocenters. The molecule has 0 aliphatic carbocycles. The average molecular weight is 469 g/mol. The fourth-order valence-electron chi connectivity index (χ4n) is 2.85. The van der Waals surface area contributed by atoms with Gasteiger partial charge < -0.3 is 5.11 Å². The van der Waals surface area contributed by atoms with E-state index in [2.05, 4.69) is 20.7 Å². The zero-order valence-electron chi connectivity index (χ0n) is 15.9. The Balaban J connectivity index is 3.69. The van der Waals surface area contributed by atoms with Gasteiger partial charge in [-0.25, -0.2) is 13.1 Å². The summed E-state index contributed by atoms with van der Waals surface area (Å²) in [5, 5.41) is 10.3. The zero-order chi connectivity index (χ0) is 20.5. The quantitative estimate of drug-likeness (QED) is 0.603. The van der Waals surface area contributed by atoms with Gasteiger partial charge in [0.2, 0.25) is 10.0 Å². The van der Waals surface area contributed by atoms with E-state index in [4.69, 9.17) is 11.6 Å². The number of carboxylic acids is 1. The van der Waals surface area contributed by atoms with Crippen molar-refractivity contribution >= 4 is 43.5 Å². The lowest BCUT2D eigenvalue weighted by Gasteiger charge is -2.41. The maximum Gasteiger partial charge on any atom is 0.309 e. The summed E-state index contributed by atoms with van der Waals surface area (Å²) in [5.74, 6) is -2.29. The van der Waals surface area contributed by atoms with Gasteiger partial charge in [-0.05, 0) is 67.2 Å². The van der Waals surface area contributed by atoms with E-state index in [1.165, 1.54) is 0 Å². The van der Waals surface area contributed by atoms with Gasteiger partial charge in [0.1, 0.15) is 0 Å². The van der Waals surface area contributed by atoms with E-state index in [1.54, 1.807) is 45.9 Å². The van der Waals surface area contributed by atoms with Gasteiger partial charge in [0.25, 0.3) is 0 Å². The molecule has 1 rings (SSSR count). The minimum absolute atomic E-state index is 0.261. The Morgan fingerprint density at radius 1 is 1.31 bits per heavy atom. The van der Waals surface area contributed by atoms with Crippen LogP contribution in [0.25, 0.3) is 0 Å². The molecule has 2 N–H and O–H groups in total. The number of sulfonamides is 1. The lowest BCUT2D eigenvalue weighted by Crippen LogP contribution is -2.56. The fraction of sp³-hybridized carbons (Fsp3) is 0.611. The molecule has 0 radical (unpaired) electrons. The Bertz CT molecular complexity index is 776. The van der Waals surface area contributed by atoms with E-state index in [0.29, 0.717) is 21.5 Å². The maximum absolute atomic E-state index is 12.9. The van der Waals surface area contributed by atoms with Crippen molar-refractivity contribution < 1.29 is 18.3 Å². The van der Waals surface area contributed by atoms with Gasteiger partial charge in [-0.3, -0.25) is 4.79 Å². The average Bonchev–Trinajstić information content (AvgIpc) is 2.47. The maximum atomic E-state index is 12.9. The number of carbonyl (C=O) groups is 1. The van der Waals surface area contributed by atoms with E-state index in [9.17, 15) is 18.3 Å². The van der Waals surface area contributed by atoms with Crippen molar-refractivity contribution in [3.05, 3.63) is 33.3 Å². The van der Waals surface area contributed by atoms with Crippen LogP contribution in [0.15, 0.2) is 22.7 Å². The van der Waals surface area contributed by atoms with Crippen molar-refractivity contribution in [2.45, 2.75) is 58.2 Å². The third-order valence-corrected chi connectivity index (χ3v) is 8.31. The number of benzene rings is 1. The second-order valence-corrected chi connectivity index (χ2v) is 11.4. The molecule has 26 heavy (non-hydrogen) atoms. The highest BCUT2D eigenvalue weighted by atomic mass is 79.9. The Morgan fingerprint density at radius 3 is 2.23 bits per heavy atom. The second-order valence-electron chi connectivity index (χ2n) is 7.75. The number of nitrogens with one attached hydrogen (secondary N) is 1. The lowest BCUT2D eigenvalue weighted by molar-refractivity contribution is -0.146. The Morgan fingerprint density at radius 2 is 1.85 bits per heavy atom. The first kappa shape index (κ1) is 23.4. The van der Waals surface area contributed by atoms with Crippen LogP contribution in [0, 0.1) is 11.8 Å². The third kappa shape index (κ3) is 4.80. The molecule has 1 aromatic carbocycles. The smallest absolute Gasteiger partial charge is 0.309 e. The number of halogens is 2. The summed E-state index contributed by atoms with van der Waals surface area (Å²) in [5.41, 5.74) is -0.858. The normalized spacial score (nSPS) is 17.4. The number of carboxylic acid groups (broad SMARTS) is 1. The predicted octanol–water partition coefficient (Wildman–Crippen LogP) is 4.78. The highest BCUT2D eigenvalue weighted by molar-refractivity contribution is 9.10. The summed E-state index contributed by atoms with van der Waals surface area (Å²) in [7, 11) is -3.81. The summed E-state index contributed by atoms with van der Waals surface area (Å²) in [4.78, 5) is 12.1. The molecule has 8 heteroatoms. The molecule has 0 saturated carbocycles. The largest absolute Gasteiger partial charge is 0.481 e. The molecule has 0 aromatic heterocycles. The molecule has 0 bridgehead atoms. The summed E-state index contributed by atoms with van der Waals surface area (Å²) >= 11 is 9.52. The van der Waals surface area contributed by atoms with Gasteiger partial charge in [-0.15, -0.1) is 0 Å². The van der Waals surface area contributed by atoms with E-state index in [-0.39, 0.29) is 5.92 Å². The Labute approximate surface area is 169 Å². The van der Waals surface area contributed by atoms with Gasteiger partial charge in [0.15, 0.2) is 0 Å². The predicted molar refractivity (Wildman–Crippen MR) is 109 cm³/mol. The van der Waals surface area contributed by atoms with Crippen LogP contribution < -0.4 is 4.72 Å². The summed E-state index contributed by atoms with van der Waals surface area (Å²) < 4.78 is 28.0. The van der Waals surface area contributed by atoms with Gasteiger partial charge in [0, 0.05) is 4.47 Å². The lowest BCUT2D eigenvalue weighted by atomic mass is 9.73. The van der Waals surface area contributed by atoms with Crippen LogP contribution in [0.5, 0.6) is 0 Å². The molecule has 0 spiro atoms. The van der Waals surface area contributed by atoms with Crippen LogP contribution in [0.1, 0.15) is 53.5 Å². The standard InChI is InChI=1S/C18H27BrClNO4S/c1-7-11(2)15(16(22)23)18(6,21-26(24,25)17(3,4)5)12-8-9-13(19)14(20)10-12/h8-11,15,21H,7H2,1-6H3,(H,22,23)/t11?,15?,18-/m0/s1. The highest BCUT2D eigenvalue weighted by Gasteiger charge is 2.48. The van der Waals surface area contributed by atoms with E-state index in [1.807, 2.05) is 13.8 Å². The summed E-state index contributed by atoms with van der Waals surface area (Å²) in [6.07, 6.45) is 0.591. The first-order valence-electron chi connectivity index (χ1n) is 8.39. The minimum atomic E-state index is -3.81. The molecule has 2 unspecified atom stereocenters. The first-order chi connectivity index (χ1) is 11.7. The number of hydrogen-bond donors (Lipinski definition) is 2. The van der Waals surface area contributed by atoms with Crippen molar-refractivity contribution in [3.8, 4) is 0 Å². The van der Waals surface area contributed by atoms with E-state index >= 15 is 0 Å². The molecule has 0 aliphatic rings.